The Morgan fingerprint density at radius 1 is 1.17 bits per heavy atom. The topological polar surface area (TPSA) is 85.8 Å². The smallest absolute Gasteiger partial charge is 0.229 e. The largest absolute Gasteiger partial charge is 0.368 e. The number of para-hydroxylation sites is 2. The van der Waals surface area contributed by atoms with Gasteiger partial charge in [0.2, 0.25) is 11.9 Å². The van der Waals surface area contributed by atoms with Crippen LogP contribution in [0.1, 0.15) is 24.9 Å². The van der Waals surface area contributed by atoms with Gasteiger partial charge >= 0.3 is 0 Å². The minimum absolute atomic E-state index is 0.0103. The molecule has 126 valence electrons. The van der Waals surface area contributed by atoms with Crippen LogP contribution in [0, 0.1) is 0 Å². The molecule has 24 heavy (non-hydrogen) atoms. The van der Waals surface area contributed by atoms with Crippen molar-refractivity contribution in [3.63, 3.8) is 0 Å². The van der Waals surface area contributed by atoms with Crippen molar-refractivity contribution in [3.8, 4) is 0 Å². The number of thioether (sulfide) groups is 1. The van der Waals surface area contributed by atoms with E-state index in [0.717, 1.165) is 22.7 Å². The molecule has 1 aromatic carbocycles. The van der Waals surface area contributed by atoms with E-state index in [0.29, 0.717) is 11.8 Å². The molecule has 0 amide bonds. The second-order valence-corrected chi connectivity index (χ2v) is 6.94. The van der Waals surface area contributed by atoms with E-state index in [9.17, 15) is 0 Å². The maximum absolute atomic E-state index is 5.83. The number of aryl methyl sites for hydroxylation is 1. The minimum atomic E-state index is 0.0103. The van der Waals surface area contributed by atoms with Crippen LogP contribution in [0.2, 0.25) is 0 Å². The molecule has 3 rings (SSSR count). The third-order valence-electron chi connectivity index (χ3n) is 3.64. The van der Waals surface area contributed by atoms with Gasteiger partial charge in [-0.05, 0) is 26.0 Å². The monoisotopic (exact) mass is 343 g/mol. The molecular formula is C16H21N7S. The number of benzene rings is 1. The molecule has 1 unspecified atom stereocenters. The lowest BCUT2D eigenvalue weighted by Gasteiger charge is -2.15. The van der Waals surface area contributed by atoms with Gasteiger partial charge in [-0.25, -0.2) is 4.98 Å². The lowest BCUT2D eigenvalue weighted by atomic mass is 10.3. The van der Waals surface area contributed by atoms with Crippen molar-refractivity contribution in [2.75, 3.05) is 24.7 Å². The molecule has 2 heterocycles. The highest BCUT2D eigenvalue weighted by Crippen LogP contribution is 2.34. The average Bonchev–Trinajstić information content (AvgIpc) is 2.91. The lowest BCUT2D eigenvalue weighted by molar-refractivity contribution is 0.699. The fourth-order valence-electron chi connectivity index (χ4n) is 2.44. The van der Waals surface area contributed by atoms with Crippen LogP contribution in [-0.4, -0.2) is 38.6 Å². The number of nitrogens with zero attached hydrogens (tertiary/aromatic N) is 6. The number of hydrogen-bond acceptors (Lipinski definition) is 7. The predicted molar refractivity (Wildman–Crippen MR) is 98.2 cm³/mol. The van der Waals surface area contributed by atoms with Crippen molar-refractivity contribution in [2.45, 2.75) is 30.8 Å². The molecule has 0 saturated heterocycles. The standard InChI is InChI=1S/C16H21N7S/c1-5-23-12-9-7-6-8-11(12)18-16(23)24-10(2)13-19-14(17)21-15(20-13)22(3)4/h6-10H,5H2,1-4H3,(H2,17,19,20,21). The molecule has 0 fully saturated rings. The quantitative estimate of drug-likeness (QED) is 0.713. The fraction of sp³-hybridized carbons (Fsp3) is 0.375. The number of imidazole rings is 1. The molecule has 2 aromatic heterocycles. The molecule has 7 nitrogen and oxygen atoms in total. The first kappa shape index (κ1) is 16.5. The van der Waals surface area contributed by atoms with Gasteiger partial charge < -0.3 is 15.2 Å². The van der Waals surface area contributed by atoms with Crippen LogP contribution in [0.5, 0.6) is 0 Å². The Kier molecular flexibility index (Phi) is 4.57. The Balaban J connectivity index is 1.94. The second-order valence-electron chi connectivity index (χ2n) is 5.63. The summed E-state index contributed by atoms with van der Waals surface area (Å²) in [7, 11) is 3.76. The Morgan fingerprint density at radius 3 is 2.62 bits per heavy atom. The molecule has 0 spiro atoms. The lowest BCUT2D eigenvalue weighted by Crippen LogP contribution is -2.16. The Hall–Kier alpha value is -2.35. The third-order valence-corrected chi connectivity index (χ3v) is 4.73. The van der Waals surface area contributed by atoms with E-state index in [1.165, 1.54) is 0 Å². The first-order valence-electron chi connectivity index (χ1n) is 7.80. The highest BCUT2D eigenvalue weighted by Gasteiger charge is 2.18. The molecule has 0 aliphatic carbocycles. The van der Waals surface area contributed by atoms with Gasteiger partial charge in [-0.15, -0.1) is 0 Å². The van der Waals surface area contributed by atoms with Crippen molar-refractivity contribution in [1.29, 1.82) is 0 Å². The molecule has 0 radical (unpaired) electrons. The number of nitrogen functional groups attached to an aromatic ring is 1. The zero-order chi connectivity index (χ0) is 17.3. The number of nitrogens with two attached hydrogens (primary N) is 1. The van der Waals surface area contributed by atoms with E-state index in [2.05, 4.69) is 39.4 Å². The molecule has 3 aromatic rings. The van der Waals surface area contributed by atoms with Crippen molar-refractivity contribution in [1.82, 2.24) is 24.5 Å². The molecule has 2 N–H and O–H groups in total. The van der Waals surface area contributed by atoms with Gasteiger partial charge in [0.25, 0.3) is 0 Å². The van der Waals surface area contributed by atoms with E-state index in [1.807, 2.05) is 37.2 Å². The van der Waals surface area contributed by atoms with E-state index in [-0.39, 0.29) is 11.2 Å². The van der Waals surface area contributed by atoms with Crippen LogP contribution < -0.4 is 10.6 Å². The normalized spacial score (nSPS) is 12.5. The Morgan fingerprint density at radius 2 is 1.92 bits per heavy atom. The Bertz CT molecular complexity index is 859. The summed E-state index contributed by atoms with van der Waals surface area (Å²) in [6.07, 6.45) is 0. The van der Waals surface area contributed by atoms with Gasteiger partial charge in [0.1, 0.15) is 5.82 Å². The molecule has 0 saturated carbocycles. The van der Waals surface area contributed by atoms with E-state index < -0.39 is 0 Å². The summed E-state index contributed by atoms with van der Waals surface area (Å²) in [5, 5.41) is 0.965. The maximum atomic E-state index is 5.83. The molecule has 0 aliphatic rings. The summed E-state index contributed by atoms with van der Waals surface area (Å²) in [4.78, 5) is 19.5. The summed E-state index contributed by atoms with van der Waals surface area (Å²) in [5.74, 6) is 1.46. The van der Waals surface area contributed by atoms with Gasteiger partial charge in [-0.3, -0.25) is 0 Å². The van der Waals surface area contributed by atoms with Crippen LogP contribution in [0.25, 0.3) is 11.0 Å². The molecule has 0 bridgehead atoms. The van der Waals surface area contributed by atoms with Crippen LogP contribution >= 0.6 is 11.8 Å². The first-order chi connectivity index (χ1) is 11.5. The Labute approximate surface area is 145 Å². The zero-order valence-electron chi connectivity index (χ0n) is 14.3. The summed E-state index contributed by atoms with van der Waals surface area (Å²) in [6.45, 7) is 5.03. The summed E-state index contributed by atoms with van der Waals surface area (Å²) in [6, 6.07) is 8.15. The first-order valence-corrected chi connectivity index (χ1v) is 8.68. The van der Waals surface area contributed by atoms with Crippen molar-refractivity contribution in [3.05, 3.63) is 30.1 Å². The summed E-state index contributed by atoms with van der Waals surface area (Å²) >= 11 is 1.63. The number of anilines is 2. The van der Waals surface area contributed by atoms with Gasteiger partial charge in [0.15, 0.2) is 5.16 Å². The number of fused-ring (bicyclic) bond motifs is 1. The second kappa shape index (κ2) is 6.64. The van der Waals surface area contributed by atoms with E-state index in [1.54, 1.807) is 11.8 Å². The van der Waals surface area contributed by atoms with Gasteiger partial charge in [-0.2, -0.15) is 15.0 Å². The average molecular weight is 343 g/mol. The molecule has 0 aliphatic heterocycles. The fourth-order valence-corrected chi connectivity index (χ4v) is 3.47. The summed E-state index contributed by atoms with van der Waals surface area (Å²) < 4.78 is 2.20. The highest BCUT2D eigenvalue weighted by atomic mass is 32.2. The van der Waals surface area contributed by atoms with Gasteiger partial charge in [0, 0.05) is 20.6 Å². The molecule has 8 heteroatoms. The SMILES string of the molecule is CCn1c(SC(C)c2nc(N)nc(N(C)C)n2)nc2ccccc21. The molecular weight excluding hydrogens is 322 g/mol. The minimum Gasteiger partial charge on any atom is -0.368 e. The van der Waals surface area contributed by atoms with Crippen molar-refractivity contribution >= 4 is 34.7 Å². The third kappa shape index (κ3) is 3.14. The van der Waals surface area contributed by atoms with Gasteiger partial charge in [0.05, 0.1) is 16.3 Å². The van der Waals surface area contributed by atoms with Crippen LogP contribution in [0.4, 0.5) is 11.9 Å². The zero-order valence-corrected chi connectivity index (χ0v) is 15.1. The number of hydrogen-bond donors (Lipinski definition) is 1. The van der Waals surface area contributed by atoms with E-state index in [4.69, 9.17) is 10.7 Å². The van der Waals surface area contributed by atoms with Crippen molar-refractivity contribution < 1.29 is 0 Å². The van der Waals surface area contributed by atoms with Crippen molar-refractivity contribution in [2.24, 2.45) is 0 Å². The number of rotatable bonds is 5. The van der Waals surface area contributed by atoms with Crippen LogP contribution in [0.15, 0.2) is 29.4 Å². The van der Waals surface area contributed by atoms with E-state index >= 15 is 0 Å². The number of aromatic nitrogens is 5. The van der Waals surface area contributed by atoms with Gasteiger partial charge in [-0.1, -0.05) is 23.9 Å². The predicted octanol–water partition coefficient (Wildman–Crippen LogP) is 2.74. The summed E-state index contributed by atoms with van der Waals surface area (Å²) in [5.41, 5.74) is 7.96. The molecule has 1 atom stereocenters. The maximum Gasteiger partial charge on any atom is 0.229 e. The van der Waals surface area contributed by atoms with Crippen LogP contribution in [0.3, 0.4) is 0 Å². The highest BCUT2D eigenvalue weighted by molar-refractivity contribution is 7.99. The van der Waals surface area contributed by atoms with Crippen LogP contribution in [-0.2, 0) is 6.54 Å².